The summed E-state index contributed by atoms with van der Waals surface area (Å²) in [7, 11) is 0. The number of amides is 5. The second-order valence-electron chi connectivity index (χ2n) is 14.8. The molecule has 57 heavy (non-hydrogen) atoms. The summed E-state index contributed by atoms with van der Waals surface area (Å²) >= 11 is 3.29. The van der Waals surface area contributed by atoms with Gasteiger partial charge in [-0.05, 0) is 54.2 Å². The van der Waals surface area contributed by atoms with Gasteiger partial charge in [0.2, 0.25) is 23.5 Å². The van der Waals surface area contributed by atoms with Crippen molar-refractivity contribution in [3.63, 3.8) is 0 Å². The van der Waals surface area contributed by atoms with Crippen molar-refractivity contribution in [2.24, 2.45) is 11.8 Å². The van der Waals surface area contributed by atoms with Crippen LogP contribution in [0.2, 0.25) is 0 Å². The van der Waals surface area contributed by atoms with E-state index in [4.69, 9.17) is 4.74 Å². The van der Waals surface area contributed by atoms with Crippen LogP contribution in [-0.2, 0) is 45.0 Å². The third kappa shape index (κ3) is 14.4. The van der Waals surface area contributed by atoms with Gasteiger partial charge < -0.3 is 36.4 Å². The van der Waals surface area contributed by atoms with Gasteiger partial charge in [-0.2, -0.15) is 0 Å². The van der Waals surface area contributed by atoms with Crippen LogP contribution in [0.3, 0.4) is 0 Å². The molecule has 1 saturated carbocycles. The zero-order valence-electron chi connectivity index (χ0n) is 32.8. The number of ether oxygens (including phenoxy) is 1. The predicted molar refractivity (Wildman–Crippen MR) is 219 cm³/mol. The average molecular weight is 826 g/mol. The van der Waals surface area contributed by atoms with E-state index in [0.29, 0.717) is 23.5 Å². The molecule has 0 spiro atoms. The van der Waals surface area contributed by atoms with Crippen molar-refractivity contribution in [1.29, 1.82) is 0 Å². The maximum absolute atomic E-state index is 14.2. The molecule has 16 heteroatoms. The minimum Gasteiger partial charge on any atom is -0.479 e. The van der Waals surface area contributed by atoms with Gasteiger partial charge in [0.1, 0.15) is 12.1 Å². The Morgan fingerprint density at radius 2 is 1.40 bits per heavy atom. The van der Waals surface area contributed by atoms with Crippen LogP contribution in [0, 0.1) is 11.8 Å². The van der Waals surface area contributed by atoms with Gasteiger partial charge in [0.25, 0.3) is 5.91 Å². The third-order valence-corrected chi connectivity index (χ3v) is 12.7. The molecule has 1 aliphatic heterocycles. The molecule has 1 fully saturated rings. The number of nitrogens with one attached hydrogen (secondary N) is 5. The molecule has 4 atom stereocenters. The number of carboxylic acids is 1. The summed E-state index contributed by atoms with van der Waals surface area (Å²) in [5.41, 5.74) is 2.71. The Labute approximate surface area is 342 Å². The first-order valence-electron chi connectivity index (χ1n) is 19.6. The van der Waals surface area contributed by atoms with E-state index in [9.17, 15) is 38.7 Å². The summed E-state index contributed by atoms with van der Waals surface area (Å²) in [5.74, 6) is -4.14. The SMILES string of the molecule is CCCC(NC(=O)[C@H](CC1SCc2ccccc2CS1)NC(=O)[C@@H](NC(=O)OCC(C)C)C1CCCCC1)C(=O)C(=O)NCC(=O)N[C@H](C(=O)O)c1ccccc1. The maximum atomic E-state index is 14.2. The van der Waals surface area contributed by atoms with Crippen molar-refractivity contribution < 1.29 is 43.4 Å². The molecule has 310 valence electrons. The van der Waals surface area contributed by atoms with Gasteiger partial charge in [0.15, 0.2) is 6.04 Å². The molecule has 0 bridgehead atoms. The molecule has 1 heterocycles. The average Bonchev–Trinajstić information content (AvgIpc) is 3.42. The van der Waals surface area contributed by atoms with E-state index in [0.717, 1.165) is 32.1 Å². The minimum atomic E-state index is -1.37. The van der Waals surface area contributed by atoms with Crippen molar-refractivity contribution in [1.82, 2.24) is 26.6 Å². The van der Waals surface area contributed by atoms with Gasteiger partial charge in [-0.1, -0.05) is 101 Å². The Balaban J connectivity index is 1.48. The quantitative estimate of drug-likeness (QED) is 0.108. The summed E-state index contributed by atoms with van der Waals surface area (Å²) in [6.45, 7) is 5.09. The van der Waals surface area contributed by atoms with Crippen LogP contribution in [0.25, 0.3) is 0 Å². The zero-order chi connectivity index (χ0) is 41.3. The lowest BCUT2D eigenvalue weighted by Crippen LogP contribution is -2.58. The number of fused-ring (bicyclic) bond motifs is 1. The van der Waals surface area contributed by atoms with Gasteiger partial charge in [-0.15, -0.1) is 23.5 Å². The molecule has 5 amide bonds. The second-order valence-corrected chi connectivity index (χ2v) is 17.5. The fourth-order valence-electron chi connectivity index (χ4n) is 6.73. The van der Waals surface area contributed by atoms with Gasteiger partial charge in [-0.3, -0.25) is 24.0 Å². The Bertz CT molecular complexity index is 1680. The number of carboxylic acid groups (broad SMARTS) is 1. The molecule has 0 radical (unpaired) electrons. The second kappa shape index (κ2) is 23.0. The van der Waals surface area contributed by atoms with Crippen molar-refractivity contribution in [3.8, 4) is 0 Å². The molecule has 0 aromatic heterocycles. The smallest absolute Gasteiger partial charge is 0.407 e. The van der Waals surface area contributed by atoms with Crippen molar-refractivity contribution in [2.75, 3.05) is 13.2 Å². The van der Waals surface area contributed by atoms with Gasteiger partial charge in [0, 0.05) is 11.5 Å². The van der Waals surface area contributed by atoms with E-state index in [1.165, 1.54) is 23.3 Å². The summed E-state index contributed by atoms with van der Waals surface area (Å²) in [5, 5.41) is 22.6. The number of carbonyl (C=O) groups is 7. The van der Waals surface area contributed by atoms with E-state index < -0.39 is 72.2 Å². The molecule has 14 nitrogen and oxygen atoms in total. The normalized spacial score (nSPS) is 16.7. The molecule has 4 rings (SSSR count). The number of hydrogen-bond acceptors (Lipinski definition) is 10. The van der Waals surface area contributed by atoms with Crippen LogP contribution in [0.15, 0.2) is 54.6 Å². The molecule has 2 aliphatic rings. The maximum Gasteiger partial charge on any atom is 0.407 e. The van der Waals surface area contributed by atoms with Crippen molar-refractivity contribution in [2.45, 2.75) is 112 Å². The van der Waals surface area contributed by atoms with Crippen molar-refractivity contribution in [3.05, 3.63) is 71.3 Å². The van der Waals surface area contributed by atoms with Gasteiger partial charge in [-0.25, -0.2) is 9.59 Å². The first kappa shape index (κ1) is 45.1. The van der Waals surface area contributed by atoms with E-state index in [2.05, 4.69) is 38.7 Å². The Kier molecular flexibility index (Phi) is 18.2. The number of aliphatic carboxylic acids is 1. The Morgan fingerprint density at radius 1 is 0.789 bits per heavy atom. The van der Waals surface area contributed by atoms with Crippen LogP contribution in [0.5, 0.6) is 0 Å². The molecule has 0 saturated heterocycles. The molecule has 6 N–H and O–H groups in total. The number of rotatable bonds is 19. The number of thioether (sulfide) groups is 2. The zero-order valence-corrected chi connectivity index (χ0v) is 34.4. The number of hydrogen-bond donors (Lipinski definition) is 6. The lowest BCUT2D eigenvalue weighted by atomic mass is 9.83. The molecule has 2 aromatic carbocycles. The highest BCUT2D eigenvalue weighted by atomic mass is 32.2. The van der Waals surface area contributed by atoms with E-state index in [1.807, 2.05) is 26.0 Å². The van der Waals surface area contributed by atoms with Crippen LogP contribution < -0.4 is 26.6 Å². The van der Waals surface area contributed by atoms with Gasteiger partial charge in [0.05, 0.1) is 23.8 Å². The van der Waals surface area contributed by atoms with Crippen LogP contribution >= 0.6 is 23.5 Å². The number of benzene rings is 2. The fourth-order valence-corrected chi connectivity index (χ4v) is 9.48. The topological polar surface area (TPSA) is 209 Å². The minimum absolute atomic E-state index is 0.0911. The third-order valence-electron chi connectivity index (χ3n) is 9.78. The fraction of sp³-hybridized carbons (Fsp3) is 0.537. The highest BCUT2D eigenvalue weighted by Gasteiger charge is 2.37. The first-order valence-corrected chi connectivity index (χ1v) is 21.7. The van der Waals surface area contributed by atoms with Crippen LogP contribution in [-0.4, -0.2) is 82.4 Å². The Hall–Kier alpha value is -4.57. The molecular weight excluding hydrogens is 771 g/mol. The largest absolute Gasteiger partial charge is 0.479 e. The molecular formula is C41H55N5O9S2. The number of Topliss-reactive ketones (excluding diaryl/α,β-unsaturated/α-hetero) is 1. The highest BCUT2D eigenvalue weighted by Crippen LogP contribution is 2.38. The highest BCUT2D eigenvalue weighted by molar-refractivity contribution is 8.16. The number of ketones is 1. The lowest BCUT2D eigenvalue weighted by molar-refractivity contribution is -0.142. The molecule has 1 aliphatic carbocycles. The van der Waals surface area contributed by atoms with Crippen molar-refractivity contribution >= 4 is 65.0 Å². The predicted octanol–water partition coefficient (Wildman–Crippen LogP) is 4.61. The molecule has 2 aromatic rings. The monoisotopic (exact) mass is 825 g/mol. The summed E-state index contributed by atoms with van der Waals surface area (Å²) in [6, 6.07) is 11.4. The van der Waals surface area contributed by atoms with E-state index in [-0.39, 0.29) is 35.9 Å². The number of alkyl carbamates (subject to hydrolysis) is 1. The first-order chi connectivity index (χ1) is 27.4. The lowest BCUT2D eigenvalue weighted by Gasteiger charge is -2.32. The Morgan fingerprint density at radius 3 is 2.00 bits per heavy atom. The summed E-state index contributed by atoms with van der Waals surface area (Å²) in [4.78, 5) is 92.2. The number of carbonyl (C=O) groups excluding carboxylic acids is 6. The van der Waals surface area contributed by atoms with E-state index in [1.54, 1.807) is 48.6 Å². The van der Waals surface area contributed by atoms with Crippen LogP contribution in [0.4, 0.5) is 4.79 Å². The standard InChI is InChI=1S/C41H55N5O9S2/c1-4-13-30(36(48)39(51)42-21-32(47)45-35(40(52)53)27-16-9-6-10-17-27)43-37(49)31(20-33-56-23-28-18-11-12-19-29(28)24-57-33)44-38(50)34(26-14-7-5-8-15-26)46-41(54)55-22-25(2)3/h6,9-12,16-19,25-26,30-31,33-35H,4-5,7-8,13-15,20-24H2,1-3H3,(H,42,51)(H,43,49)(H,44,50)(H,45,47)(H,46,54)(H,52,53)/t30?,31-,34-,35-/m0/s1. The van der Waals surface area contributed by atoms with Crippen LogP contribution in [0.1, 0.15) is 94.9 Å². The summed E-state index contributed by atoms with van der Waals surface area (Å²) < 4.78 is 5.24. The summed E-state index contributed by atoms with van der Waals surface area (Å²) in [6.07, 6.45) is 4.24. The van der Waals surface area contributed by atoms with E-state index >= 15 is 0 Å². The van der Waals surface area contributed by atoms with Gasteiger partial charge >= 0.3 is 12.1 Å². The molecule has 1 unspecified atom stereocenters.